The molecular formula is C6H10N2O3. The van der Waals surface area contributed by atoms with Gasteiger partial charge in [-0.05, 0) is 6.92 Å². The Balaban J connectivity index is 2.48. The minimum absolute atomic E-state index is 0.181. The zero-order chi connectivity index (χ0) is 8.27. The summed E-state index contributed by atoms with van der Waals surface area (Å²) in [5.74, 6) is -0.181. The summed E-state index contributed by atoms with van der Waals surface area (Å²) < 4.78 is 0. The Hall–Kier alpha value is -1.10. The van der Waals surface area contributed by atoms with Crippen LogP contribution < -0.4 is 5.32 Å². The van der Waals surface area contributed by atoms with Gasteiger partial charge in [0.2, 0.25) is 6.41 Å². The minimum Gasteiger partial charge on any atom is -0.345 e. The highest BCUT2D eigenvalue weighted by Crippen LogP contribution is 2.05. The second-order valence-corrected chi connectivity index (χ2v) is 2.17. The topological polar surface area (TPSA) is 58.6 Å². The number of hydroxylamine groups is 2. The van der Waals surface area contributed by atoms with Crippen molar-refractivity contribution in [1.29, 1.82) is 0 Å². The third-order valence-corrected chi connectivity index (χ3v) is 1.50. The van der Waals surface area contributed by atoms with Crippen molar-refractivity contribution in [3.63, 3.8) is 0 Å². The van der Waals surface area contributed by atoms with E-state index in [9.17, 15) is 9.59 Å². The molecule has 1 aliphatic heterocycles. The lowest BCUT2D eigenvalue weighted by Crippen LogP contribution is -2.38. The SMILES string of the molecule is CCN1OCC(NC=O)C1=O. The molecule has 0 aromatic heterocycles. The van der Waals surface area contributed by atoms with Crippen LogP contribution in [0, 0.1) is 0 Å². The Bertz CT molecular complexity index is 171. The number of rotatable bonds is 3. The quantitative estimate of drug-likeness (QED) is 0.530. The first-order valence-corrected chi connectivity index (χ1v) is 3.43. The summed E-state index contributed by atoms with van der Waals surface area (Å²) in [6.45, 7) is 2.56. The number of nitrogens with zero attached hydrogens (tertiary/aromatic N) is 1. The Morgan fingerprint density at radius 1 is 1.91 bits per heavy atom. The van der Waals surface area contributed by atoms with E-state index in [1.807, 2.05) is 0 Å². The maximum absolute atomic E-state index is 11.1. The molecule has 0 aliphatic carbocycles. The Labute approximate surface area is 64.3 Å². The normalized spacial score (nSPS) is 23.9. The summed E-state index contributed by atoms with van der Waals surface area (Å²) in [6.07, 6.45) is 0.505. The van der Waals surface area contributed by atoms with Gasteiger partial charge in [-0.25, -0.2) is 5.06 Å². The van der Waals surface area contributed by atoms with Crippen LogP contribution in [-0.2, 0) is 14.4 Å². The lowest BCUT2D eigenvalue weighted by Gasteiger charge is -2.09. The summed E-state index contributed by atoms with van der Waals surface area (Å²) in [5.41, 5.74) is 0. The van der Waals surface area contributed by atoms with Gasteiger partial charge in [0.1, 0.15) is 12.6 Å². The molecule has 0 aromatic rings. The van der Waals surface area contributed by atoms with E-state index >= 15 is 0 Å². The lowest BCUT2D eigenvalue weighted by atomic mass is 10.3. The monoisotopic (exact) mass is 158 g/mol. The van der Waals surface area contributed by atoms with E-state index in [1.54, 1.807) is 6.92 Å². The number of carbonyl (C=O) groups excluding carboxylic acids is 2. The van der Waals surface area contributed by atoms with Crippen molar-refractivity contribution in [2.45, 2.75) is 13.0 Å². The fraction of sp³-hybridized carbons (Fsp3) is 0.667. The molecule has 0 spiro atoms. The third-order valence-electron chi connectivity index (χ3n) is 1.50. The average molecular weight is 158 g/mol. The van der Waals surface area contributed by atoms with E-state index in [0.717, 1.165) is 0 Å². The molecule has 1 aliphatic rings. The van der Waals surface area contributed by atoms with Crippen molar-refractivity contribution in [1.82, 2.24) is 10.4 Å². The van der Waals surface area contributed by atoms with Crippen LogP contribution in [0.25, 0.3) is 0 Å². The van der Waals surface area contributed by atoms with Gasteiger partial charge in [0.25, 0.3) is 5.91 Å². The van der Waals surface area contributed by atoms with E-state index in [2.05, 4.69) is 5.32 Å². The van der Waals surface area contributed by atoms with Crippen molar-refractivity contribution in [2.24, 2.45) is 0 Å². The number of nitrogens with one attached hydrogen (secondary N) is 1. The van der Waals surface area contributed by atoms with Gasteiger partial charge in [-0.15, -0.1) is 0 Å². The summed E-state index contributed by atoms with van der Waals surface area (Å²) in [6, 6.07) is -0.493. The van der Waals surface area contributed by atoms with E-state index in [-0.39, 0.29) is 12.5 Å². The maximum atomic E-state index is 11.1. The molecule has 1 saturated heterocycles. The van der Waals surface area contributed by atoms with Crippen molar-refractivity contribution in [2.75, 3.05) is 13.2 Å². The molecule has 2 amide bonds. The molecule has 1 atom stereocenters. The Kier molecular flexibility index (Phi) is 2.43. The highest BCUT2D eigenvalue weighted by Gasteiger charge is 2.31. The predicted molar refractivity (Wildman–Crippen MR) is 36.3 cm³/mol. The third kappa shape index (κ3) is 1.48. The van der Waals surface area contributed by atoms with Gasteiger partial charge in [-0.2, -0.15) is 0 Å². The predicted octanol–water partition coefficient (Wildman–Crippen LogP) is -1.11. The smallest absolute Gasteiger partial charge is 0.271 e. The molecule has 0 aromatic carbocycles. The molecule has 11 heavy (non-hydrogen) atoms. The first-order valence-electron chi connectivity index (χ1n) is 3.43. The Morgan fingerprint density at radius 2 is 2.64 bits per heavy atom. The fourth-order valence-electron chi connectivity index (χ4n) is 0.922. The molecule has 0 radical (unpaired) electrons. The van der Waals surface area contributed by atoms with Crippen LogP contribution in [-0.4, -0.2) is 36.6 Å². The average Bonchev–Trinajstić information content (AvgIpc) is 2.34. The summed E-state index contributed by atoms with van der Waals surface area (Å²) in [5, 5.41) is 3.60. The van der Waals surface area contributed by atoms with Crippen molar-refractivity contribution < 1.29 is 14.4 Å². The van der Waals surface area contributed by atoms with Crippen LogP contribution in [0.2, 0.25) is 0 Å². The van der Waals surface area contributed by atoms with Crippen LogP contribution in [0.15, 0.2) is 0 Å². The molecule has 0 saturated carbocycles. The van der Waals surface area contributed by atoms with Gasteiger partial charge < -0.3 is 5.32 Å². The van der Waals surface area contributed by atoms with Crippen molar-refractivity contribution >= 4 is 12.3 Å². The van der Waals surface area contributed by atoms with E-state index < -0.39 is 6.04 Å². The van der Waals surface area contributed by atoms with Gasteiger partial charge in [-0.3, -0.25) is 14.4 Å². The lowest BCUT2D eigenvalue weighted by molar-refractivity contribution is -0.160. The van der Waals surface area contributed by atoms with Gasteiger partial charge in [-0.1, -0.05) is 0 Å². The molecule has 1 rings (SSSR count). The highest BCUT2D eigenvalue weighted by atomic mass is 16.7. The molecule has 5 nitrogen and oxygen atoms in total. The number of likely N-dealkylation sites (N-methyl/N-ethyl adjacent to an activating group) is 1. The van der Waals surface area contributed by atoms with E-state index in [4.69, 9.17) is 4.84 Å². The largest absolute Gasteiger partial charge is 0.345 e. The molecular weight excluding hydrogens is 148 g/mol. The zero-order valence-electron chi connectivity index (χ0n) is 6.24. The molecule has 62 valence electrons. The molecule has 1 fully saturated rings. The highest BCUT2D eigenvalue weighted by molar-refractivity contribution is 5.84. The first kappa shape index (κ1) is 8.00. The van der Waals surface area contributed by atoms with Crippen LogP contribution in [0.4, 0.5) is 0 Å². The summed E-state index contributed by atoms with van der Waals surface area (Å²) in [7, 11) is 0. The van der Waals surface area contributed by atoms with Crippen LogP contribution in [0.3, 0.4) is 0 Å². The number of hydrogen-bond donors (Lipinski definition) is 1. The Morgan fingerprint density at radius 3 is 3.09 bits per heavy atom. The van der Waals surface area contributed by atoms with Gasteiger partial charge in [0, 0.05) is 6.54 Å². The summed E-state index contributed by atoms with van der Waals surface area (Å²) in [4.78, 5) is 26.0. The van der Waals surface area contributed by atoms with Crippen LogP contribution >= 0.6 is 0 Å². The van der Waals surface area contributed by atoms with Crippen molar-refractivity contribution in [3.05, 3.63) is 0 Å². The standard InChI is InChI=1S/C6H10N2O3/c1-2-8-6(10)5(3-11-8)7-4-9/h4-5H,2-3H2,1H3,(H,7,9). The second kappa shape index (κ2) is 3.34. The molecule has 1 heterocycles. The van der Waals surface area contributed by atoms with Gasteiger partial charge in [0.15, 0.2) is 0 Å². The number of carbonyl (C=O) groups is 2. The zero-order valence-corrected chi connectivity index (χ0v) is 6.24. The number of amides is 2. The van der Waals surface area contributed by atoms with Gasteiger partial charge in [0.05, 0.1) is 0 Å². The van der Waals surface area contributed by atoms with Crippen LogP contribution in [0.1, 0.15) is 6.92 Å². The van der Waals surface area contributed by atoms with Crippen LogP contribution in [0.5, 0.6) is 0 Å². The minimum atomic E-state index is -0.493. The number of hydrogen-bond acceptors (Lipinski definition) is 3. The second-order valence-electron chi connectivity index (χ2n) is 2.17. The molecule has 0 bridgehead atoms. The maximum Gasteiger partial charge on any atom is 0.271 e. The molecule has 5 heteroatoms. The first-order chi connectivity index (χ1) is 5.29. The van der Waals surface area contributed by atoms with E-state index in [0.29, 0.717) is 13.0 Å². The molecule has 1 unspecified atom stereocenters. The van der Waals surface area contributed by atoms with E-state index in [1.165, 1.54) is 5.06 Å². The molecule has 1 N–H and O–H groups in total. The van der Waals surface area contributed by atoms with Crippen molar-refractivity contribution in [3.8, 4) is 0 Å². The fourth-order valence-corrected chi connectivity index (χ4v) is 0.922. The summed E-state index contributed by atoms with van der Waals surface area (Å²) >= 11 is 0. The van der Waals surface area contributed by atoms with Gasteiger partial charge >= 0.3 is 0 Å².